The van der Waals surface area contributed by atoms with Gasteiger partial charge in [-0.05, 0) is 25.7 Å². The number of amides is 1. The molecule has 1 amide bonds. The van der Waals surface area contributed by atoms with Gasteiger partial charge in [-0.3, -0.25) is 4.79 Å². The van der Waals surface area contributed by atoms with Crippen LogP contribution in [0.4, 0.5) is 0 Å². The SMILES string of the molecule is O=C(NCCCCCl)C1CCCCCC1. The predicted octanol–water partition coefficient (Wildman–Crippen LogP) is 3.09. The molecule has 0 aromatic rings. The maximum Gasteiger partial charge on any atom is 0.223 e. The van der Waals surface area contributed by atoms with E-state index in [1.165, 1.54) is 25.7 Å². The second-order valence-electron chi connectivity index (χ2n) is 4.38. The molecule has 0 heterocycles. The van der Waals surface area contributed by atoms with Crippen molar-refractivity contribution < 1.29 is 4.79 Å². The van der Waals surface area contributed by atoms with Gasteiger partial charge in [0.25, 0.3) is 0 Å². The summed E-state index contributed by atoms with van der Waals surface area (Å²) in [6.45, 7) is 0.794. The van der Waals surface area contributed by atoms with Crippen molar-refractivity contribution in [1.29, 1.82) is 0 Å². The van der Waals surface area contributed by atoms with E-state index in [0.29, 0.717) is 5.88 Å². The van der Waals surface area contributed by atoms with Gasteiger partial charge in [-0.1, -0.05) is 25.7 Å². The molecule has 0 aliphatic heterocycles. The summed E-state index contributed by atoms with van der Waals surface area (Å²) in [5.74, 6) is 1.24. The second kappa shape index (κ2) is 7.98. The summed E-state index contributed by atoms with van der Waals surface area (Å²) in [5, 5.41) is 3.02. The Hall–Kier alpha value is -0.240. The molecule has 0 saturated heterocycles. The fourth-order valence-electron chi connectivity index (χ4n) is 2.12. The largest absolute Gasteiger partial charge is 0.356 e. The van der Waals surface area contributed by atoms with E-state index in [0.717, 1.165) is 32.2 Å². The first kappa shape index (κ1) is 12.8. The Labute approximate surface area is 97.8 Å². The lowest BCUT2D eigenvalue weighted by molar-refractivity contribution is -0.125. The van der Waals surface area contributed by atoms with Gasteiger partial charge in [-0.2, -0.15) is 0 Å². The third-order valence-electron chi connectivity index (χ3n) is 3.09. The van der Waals surface area contributed by atoms with E-state index < -0.39 is 0 Å². The van der Waals surface area contributed by atoms with E-state index >= 15 is 0 Å². The van der Waals surface area contributed by atoms with Crippen LogP contribution >= 0.6 is 11.6 Å². The van der Waals surface area contributed by atoms with Gasteiger partial charge in [-0.15, -0.1) is 11.6 Å². The number of halogens is 1. The minimum Gasteiger partial charge on any atom is -0.356 e. The molecule has 1 rings (SSSR count). The van der Waals surface area contributed by atoms with Crippen LogP contribution in [0.5, 0.6) is 0 Å². The minimum absolute atomic E-state index is 0.270. The summed E-state index contributed by atoms with van der Waals surface area (Å²) in [7, 11) is 0. The summed E-state index contributed by atoms with van der Waals surface area (Å²) >= 11 is 5.57. The van der Waals surface area contributed by atoms with Crippen LogP contribution in [-0.4, -0.2) is 18.3 Å². The van der Waals surface area contributed by atoms with Gasteiger partial charge in [0.1, 0.15) is 0 Å². The molecule has 2 nitrogen and oxygen atoms in total. The molecule has 3 heteroatoms. The van der Waals surface area contributed by atoms with Crippen LogP contribution in [0, 0.1) is 5.92 Å². The number of hydrogen-bond donors (Lipinski definition) is 1. The zero-order valence-corrected chi connectivity index (χ0v) is 10.2. The van der Waals surface area contributed by atoms with Crippen molar-refractivity contribution in [3.63, 3.8) is 0 Å². The van der Waals surface area contributed by atoms with Gasteiger partial charge in [0.2, 0.25) is 5.91 Å². The summed E-state index contributed by atoms with van der Waals surface area (Å²) < 4.78 is 0. The average molecular weight is 232 g/mol. The average Bonchev–Trinajstić information content (AvgIpc) is 2.52. The standard InChI is InChI=1S/C12H22ClNO/c13-9-5-6-10-14-12(15)11-7-3-1-2-4-8-11/h11H,1-10H2,(H,14,15). The Morgan fingerprint density at radius 3 is 2.40 bits per heavy atom. The number of carbonyl (C=O) groups is 1. The molecular weight excluding hydrogens is 210 g/mol. The first-order chi connectivity index (χ1) is 7.34. The van der Waals surface area contributed by atoms with Crippen molar-refractivity contribution in [2.75, 3.05) is 12.4 Å². The Kier molecular flexibility index (Phi) is 6.82. The van der Waals surface area contributed by atoms with Crippen molar-refractivity contribution in [3.8, 4) is 0 Å². The van der Waals surface area contributed by atoms with Crippen molar-refractivity contribution in [2.45, 2.75) is 51.4 Å². The lowest BCUT2D eigenvalue weighted by Crippen LogP contribution is -2.31. The van der Waals surface area contributed by atoms with Gasteiger partial charge in [0, 0.05) is 18.3 Å². The van der Waals surface area contributed by atoms with Gasteiger partial charge in [0.15, 0.2) is 0 Å². The van der Waals surface area contributed by atoms with Crippen molar-refractivity contribution in [1.82, 2.24) is 5.32 Å². The van der Waals surface area contributed by atoms with Crippen molar-refractivity contribution in [2.24, 2.45) is 5.92 Å². The number of unbranched alkanes of at least 4 members (excludes halogenated alkanes) is 1. The first-order valence-corrected chi connectivity index (χ1v) is 6.71. The molecule has 1 aliphatic rings. The van der Waals surface area contributed by atoms with Crippen LogP contribution in [0.2, 0.25) is 0 Å². The zero-order valence-electron chi connectivity index (χ0n) is 9.43. The van der Waals surface area contributed by atoms with E-state index in [1.807, 2.05) is 0 Å². The normalized spacial score (nSPS) is 18.5. The summed E-state index contributed by atoms with van der Waals surface area (Å²) in [4.78, 5) is 11.8. The van der Waals surface area contributed by atoms with Gasteiger partial charge in [0.05, 0.1) is 0 Å². The molecule has 1 saturated carbocycles. The molecule has 1 fully saturated rings. The van der Waals surface area contributed by atoms with Crippen LogP contribution in [-0.2, 0) is 4.79 Å². The molecule has 0 spiro atoms. The van der Waals surface area contributed by atoms with E-state index in [9.17, 15) is 4.79 Å². The lowest BCUT2D eigenvalue weighted by Gasteiger charge is -2.13. The molecule has 15 heavy (non-hydrogen) atoms. The molecule has 0 aromatic heterocycles. The monoisotopic (exact) mass is 231 g/mol. The third-order valence-corrected chi connectivity index (χ3v) is 3.35. The lowest BCUT2D eigenvalue weighted by atomic mass is 9.99. The Morgan fingerprint density at radius 1 is 1.13 bits per heavy atom. The van der Waals surface area contributed by atoms with E-state index in [-0.39, 0.29) is 11.8 Å². The highest BCUT2D eigenvalue weighted by Gasteiger charge is 2.19. The van der Waals surface area contributed by atoms with Crippen LogP contribution in [0.3, 0.4) is 0 Å². The third kappa shape index (κ3) is 5.41. The first-order valence-electron chi connectivity index (χ1n) is 6.18. The van der Waals surface area contributed by atoms with Crippen LogP contribution in [0.15, 0.2) is 0 Å². The van der Waals surface area contributed by atoms with Gasteiger partial charge in [-0.25, -0.2) is 0 Å². The predicted molar refractivity (Wildman–Crippen MR) is 64.2 cm³/mol. The maximum atomic E-state index is 11.8. The van der Waals surface area contributed by atoms with Crippen molar-refractivity contribution in [3.05, 3.63) is 0 Å². The van der Waals surface area contributed by atoms with E-state index in [1.54, 1.807) is 0 Å². The fourth-order valence-corrected chi connectivity index (χ4v) is 2.31. The Balaban J connectivity index is 2.14. The highest BCUT2D eigenvalue weighted by atomic mass is 35.5. The van der Waals surface area contributed by atoms with Gasteiger partial charge >= 0.3 is 0 Å². The number of hydrogen-bond acceptors (Lipinski definition) is 1. The molecule has 0 aromatic carbocycles. The van der Waals surface area contributed by atoms with Crippen LogP contribution in [0.1, 0.15) is 51.4 Å². The topological polar surface area (TPSA) is 29.1 Å². The number of alkyl halides is 1. The molecule has 0 radical (unpaired) electrons. The quantitative estimate of drug-likeness (QED) is 0.440. The summed E-state index contributed by atoms with van der Waals surface area (Å²) in [6.07, 6.45) is 9.21. The van der Waals surface area contributed by atoms with Crippen LogP contribution < -0.4 is 5.32 Å². The highest BCUT2D eigenvalue weighted by Crippen LogP contribution is 2.22. The summed E-state index contributed by atoms with van der Waals surface area (Å²) in [5.41, 5.74) is 0. The Bertz CT molecular complexity index is 176. The molecular formula is C12H22ClNO. The number of nitrogens with one attached hydrogen (secondary N) is 1. The summed E-state index contributed by atoms with van der Waals surface area (Å²) in [6, 6.07) is 0. The number of rotatable bonds is 5. The van der Waals surface area contributed by atoms with Gasteiger partial charge < -0.3 is 5.32 Å². The molecule has 0 bridgehead atoms. The Morgan fingerprint density at radius 2 is 1.80 bits per heavy atom. The fraction of sp³-hybridized carbons (Fsp3) is 0.917. The smallest absolute Gasteiger partial charge is 0.223 e. The van der Waals surface area contributed by atoms with Crippen molar-refractivity contribution >= 4 is 17.5 Å². The minimum atomic E-state index is 0.270. The second-order valence-corrected chi connectivity index (χ2v) is 4.75. The van der Waals surface area contributed by atoms with Crippen LogP contribution in [0.25, 0.3) is 0 Å². The highest BCUT2D eigenvalue weighted by molar-refractivity contribution is 6.17. The van der Waals surface area contributed by atoms with E-state index in [4.69, 9.17) is 11.6 Å². The number of carbonyl (C=O) groups excluding carboxylic acids is 1. The maximum absolute atomic E-state index is 11.8. The van der Waals surface area contributed by atoms with E-state index in [2.05, 4.69) is 5.32 Å². The molecule has 88 valence electrons. The molecule has 1 aliphatic carbocycles. The zero-order chi connectivity index (χ0) is 10.9. The molecule has 0 atom stereocenters. The molecule has 0 unspecified atom stereocenters. The molecule has 1 N–H and O–H groups in total.